The monoisotopic (exact) mass is 249 g/mol. The van der Waals surface area contributed by atoms with Crippen LogP contribution in [-0.4, -0.2) is 16.5 Å². The second kappa shape index (κ2) is 5.72. The molecule has 0 bridgehead atoms. The van der Waals surface area contributed by atoms with Crippen LogP contribution in [0.5, 0.6) is 0 Å². The van der Waals surface area contributed by atoms with E-state index in [9.17, 15) is 0 Å². The molecule has 0 aliphatic heterocycles. The molecule has 4 nitrogen and oxygen atoms in total. The molecule has 2 aromatic rings. The summed E-state index contributed by atoms with van der Waals surface area (Å²) in [6, 6.07) is 3.95. The van der Waals surface area contributed by atoms with Crippen LogP contribution in [0.15, 0.2) is 39.1 Å². The predicted molar refractivity (Wildman–Crippen MR) is 68.4 cm³/mol. The van der Waals surface area contributed by atoms with Gasteiger partial charge in [-0.25, -0.2) is 9.97 Å². The number of oxazole rings is 1. The quantitative estimate of drug-likeness (QED) is 0.880. The van der Waals surface area contributed by atoms with Crippen molar-refractivity contribution >= 4 is 17.6 Å². The van der Waals surface area contributed by atoms with Crippen LogP contribution in [0.25, 0.3) is 0 Å². The van der Waals surface area contributed by atoms with Crippen molar-refractivity contribution in [3.05, 3.63) is 30.3 Å². The fourth-order valence-electron chi connectivity index (χ4n) is 1.30. The topological polar surface area (TPSA) is 51.0 Å². The number of nitrogens with zero attached hydrogens (tertiary/aromatic N) is 2. The van der Waals surface area contributed by atoms with E-state index in [1.54, 1.807) is 12.5 Å². The van der Waals surface area contributed by atoms with Gasteiger partial charge in [-0.1, -0.05) is 6.92 Å². The molecule has 0 amide bonds. The van der Waals surface area contributed by atoms with Crippen molar-refractivity contribution in [1.29, 1.82) is 0 Å². The summed E-state index contributed by atoms with van der Waals surface area (Å²) >= 11 is 1.50. The second-order valence-corrected chi connectivity index (χ2v) is 4.69. The maximum atomic E-state index is 5.30. The number of hydrogen-bond donors (Lipinski definition) is 1. The van der Waals surface area contributed by atoms with Crippen LogP contribution in [0.4, 0.5) is 5.82 Å². The van der Waals surface area contributed by atoms with E-state index in [0.717, 1.165) is 29.4 Å². The minimum absolute atomic E-state index is 0.662. The number of pyridine rings is 1. The van der Waals surface area contributed by atoms with Crippen LogP contribution in [0.3, 0.4) is 0 Å². The van der Waals surface area contributed by atoms with E-state index in [1.807, 2.05) is 19.1 Å². The maximum Gasteiger partial charge on any atom is 0.260 e. The summed E-state index contributed by atoms with van der Waals surface area (Å²) in [5.41, 5.74) is 0.894. The van der Waals surface area contributed by atoms with Crippen molar-refractivity contribution in [2.24, 2.45) is 0 Å². The molecule has 0 spiro atoms. The summed E-state index contributed by atoms with van der Waals surface area (Å²) in [5, 5.41) is 3.91. The Hall–Kier alpha value is -1.49. The van der Waals surface area contributed by atoms with Gasteiger partial charge < -0.3 is 9.73 Å². The molecule has 0 aromatic carbocycles. The molecule has 2 aromatic heterocycles. The highest BCUT2D eigenvalue weighted by atomic mass is 32.2. The van der Waals surface area contributed by atoms with Crippen molar-refractivity contribution in [2.45, 2.75) is 30.4 Å². The van der Waals surface area contributed by atoms with Gasteiger partial charge in [0.2, 0.25) is 0 Å². The fraction of sp³-hybridized carbons (Fsp3) is 0.333. The number of anilines is 1. The van der Waals surface area contributed by atoms with Gasteiger partial charge in [-0.15, -0.1) is 0 Å². The zero-order chi connectivity index (χ0) is 12.1. The number of aromatic nitrogens is 2. The molecule has 0 fully saturated rings. The minimum atomic E-state index is 0.662. The maximum absolute atomic E-state index is 5.30. The van der Waals surface area contributed by atoms with E-state index in [-0.39, 0.29) is 0 Å². The van der Waals surface area contributed by atoms with Crippen LogP contribution in [0.1, 0.15) is 19.0 Å². The number of rotatable bonds is 5. The molecule has 1 N–H and O–H groups in total. The first-order valence-electron chi connectivity index (χ1n) is 5.58. The Balaban J connectivity index is 2.05. The van der Waals surface area contributed by atoms with Crippen molar-refractivity contribution in [3.63, 3.8) is 0 Å². The molecule has 0 saturated carbocycles. The van der Waals surface area contributed by atoms with E-state index >= 15 is 0 Å². The Morgan fingerprint density at radius 2 is 2.35 bits per heavy atom. The molecular weight excluding hydrogens is 234 g/mol. The smallest absolute Gasteiger partial charge is 0.260 e. The first kappa shape index (κ1) is 12.0. The summed E-state index contributed by atoms with van der Waals surface area (Å²) in [4.78, 5) is 9.57. The van der Waals surface area contributed by atoms with E-state index in [2.05, 4.69) is 22.2 Å². The zero-order valence-electron chi connectivity index (χ0n) is 9.93. The first-order chi connectivity index (χ1) is 8.28. The standard InChI is InChI=1S/C12H15N3OS/c1-3-5-13-11-7-10(4-6-14-11)17-12-15-9(2)8-16-12/h4,6-8H,3,5H2,1-2H3,(H,13,14). The second-order valence-electron chi connectivity index (χ2n) is 3.66. The van der Waals surface area contributed by atoms with E-state index in [0.29, 0.717) is 5.22 Å². The van der Waals surface area contributed by atoms with Crippen LogP contribution in [-0.2, 0) is 0 Å². The van der Waals surface area contributed by atoms with Crippen molar-refractivity contribution in [2.75, 3.05) is 11.9 Å². The highest BCUT2D eigenvalue weighted by molar-refractivity contribution is 7.99. The molecule has 2 heterocycles. The number of hydrogen-bond acceptors (Lipinski definition) is 5. The molecule has 0 aliphatic carbocycles. The number of aryl methyl sites for hydroxylation is 1. The molecule has 5 heteroatoms. The van der Waals surface area contributed by atoms with Gasteiger partial charge >= 0.3 is 0 Å². The lowest BCUT2D eigenvalue weighted by Crippen LogP contribution is -2.01. The van der Waals surface area contributed by atoms with Gasteiger partial charge in [0.1, 0.15) is 12.1 Å². The van der Waals surface area contributed by atoms with Crippen LogP contribution in [0.2, 0.25) is 0 Å². The van der Waals surface area contributed by atoms with Crippen LogP contribution < -0.4 is 5.32 Å². The summed E-state index contributed by atoms with van der Waals surface area (Å²) in [5.74, 6) is 0.889. The third kappa shape index (κ3) is 3.49. The highest BCUT2D eigenvalue weighted by Gasteiger charge is 2.04. The van der Waals surface area contributed by atoms with Gasteiger partial charge in [0.15, 0.2) is 0 Å². The normalized spacial score (nSPS) is 10.5. The lowest BCUT2D eigenvalue weighted by Gasteiger charge is -2.04. The summed E-state index contributed by atoms with van der Waals surface area (Å²) < 4.78 is 5.30. The fourth-order valence-corrected chi connectivity index (χ4v) is 2.09. The molecule has 0 radical (unpaired) electrons. The van der Waals surface area contributed by atoms with Gasteiger partial charge in [0.25, 0.3) is 5.22 Å². The Labute approximate surface area is 105 Å². The van der Waals surface area contributed by atoms with Crippen LogP contribution in [0, 0.1) is 6.92 Å². The Kier molecular flexibility index (Phi) is 4.03. The SMILES string of the molecule is CCCNc1cc(Sc2nc(C)co2)ccn1. The van der Waals surface area contributed by atoms with Crippen molar-refractivity contribution in [1.82, 2.24) is 9.97 Å². The van der Waals surface area contributed by atoms with Gasteiger partial charge in [-0.3, -0.25) is 0 Å². The lowest BCUT2D eigenvalue weighted by molar-refractivity contribution is 0.454. The first-order valence-corrected chi connectivity index (χ1v) is 6.39. The van der Waals surface area contributed by atoms with Crippen molar-refractivity contribution < 1.29 is 4.42 Å². The Bertz CT molecular complexity index is 484. The molecule has 2 rings (SSSR count). The van der Waals surface area contributed by atoms with E-state index in [4.69, 9.17) is 4.42 Å². The molecular formula is C12H15N3OS. The zero-order valence-corrected chi connectivity index (χ0v) is 10.8. The summed E-state index contributed by atoms with van der Waals surface area (Å²) in [6.45, 7) is 4.97. The molecule has 0 atom stereocenters. The van der Waals surface area contributed by atoms with Gasteiger partial charge in [-0.2, -0.15) is 0 Å². The van der Waals surface area contributed by atoms with E-state index < -0.39 is 0 Å². The molecule has 0 saturated heterocycles. The van der Waals surface area contributed by atoms with Gasteiger partial charge in [0, 0.05) is 17.6 Å². The van der Waals surface area contributed by atoms with Gasteiger partial charge in [-0.05, 0) is 37.2 Å². The Morgan fingerprint density at radius 1 is 1.47 bits per heavy atom. The van der Waals surface area contributed by atoms with Crippen LogP contribution >= 0.6 is 11.8 Å². The molecule has 0 unspecified atom stereocenters. The largest absolute Gasteiger partial charge is 0.439 e. The molecule has 0 aliphatic rings. The predicted octanol–water partition coefficient (Wildman–Crippen LogP) is 3.35. The average Bonchev–Trinajstić information content (AvgIpc) is 2.73. The highest BCUT2D eigenvalue weighted by Crippen LogP contribution is 2.27. The summed E-state index contributed by atoms with van der Waals surface area (Å²) in [7, 11) is 0. The third-order valence-corrected chi connectivity index (χ3v) is 2.94. The van der Waals surface area contributed by atoms with Gasteiger partial charge in [0.05, 0.1) is 5.69 Å². The minimum Gasteiger partial charge on any atom is -0.439 e. The lowest BCUT2D eigenvalue weighted by atomic mass is 10.4. The summed E-state index contributed by atoms with van der Waals surface area (Å²) in [6.07, 6.45) is 4.52. The molecule has 17 heavy (non-hydrogen) atoms. The van der Waals surface area contributed by atoms with E-state index in [1.165, 1.54) is 11.8 Å². The van der Waals surface area contributed by atoms with Crippen molar-refractivity contribution in [3.8, 4) is 0 Å². The molecule has 90 valence electrons. The third-order valence-electron chi connectivity index (χ3n) is 2.09. The Morgan fingerprint density at radius 3 is 3.06 bits per heavy atom. The average molecular weight is 249 g/mol. The number of nitrogens with one attached hydrogen (secondary N) is 1.